The molecule has 26 heavy (non-hydrogen) atoms. The van der Waals surface area contributed by atoms with Gasteiger partial charge in [-0.2, -0.15) is 0 Å². The molecule has 132 valence electrons. The first-order valence-corrected chi connectivity index (χ1v) is 8.22. The predicted molar refractivity (Wildman–Crippen MR) is 97.2 cm³/mol. The van der Waals surface area contributed by atoms with Crippen molar-refractivity contribution in [3.05, 3.63) is 65.2 Å². The van der Waals surface area contributed by atoms with Crippen molar-refractivity contribution in [3.8, 4) is 5.75 Å². The van der Waals surface area contributed by atoms with Crippen molar-refractivity contribution in [2.45, 2.75) is 20.3 Å². The van der Waals surface area contributed by atoms with Gasteiger partial charge in [-0.3, -0.25) is 19.8 Å². The number of hydrazine groups is 1. The van der Waals surface area contributed by atoms with Gasteiger partial charge in [0.05, 0.1) is 5.69 Å². The highest BCUT2D eigenvalue weighted by Crippen LogP contribution is 2.23. The standard InChI is InChI=1S/C20H18N2O4/c1-3-14-7-9-16(10-8-14)22-20(25)18(19(24)21-22)12-15-5-4-6-17(11-15)26-13(2)23/h4-12H,3H2,1-2H3,(H,21,24)/b18-12-. The van der Waals surface area contributed by atoms with Crippen LogP contribution in [0, 0.1) is 0 Å². The van der Waals surface area contributed by atoms with Gasteiger partial charge in [-0.25, -0.2) is 5.01 Å². The second-order valence-electron chi connectivity index (χ2n) is 5.83. The summed E-state index contributed by atoms with van der Waals surface area (Å²) in [6, 6.07) is 14.0. The first-order chi connectivity index (χ1) is 12.5. The minimum Gasteiger partial charge on any atom is -0.427 e. The quantitative estimate of drug-likeness (QED) is 0.398. The Morgan fingerprint density at radius 3 is 2.54 bits per heavy atom. The topological polar surface area (TPSA) is 75.7 Å². The second kappa shape index (κ2) is 7.23. The van der Waals surface area contributed by atoms with E-state index in [1.165, 1.54) is 18.0 Å². The lowest BCUT2D eigenvalue weighted by Gasteiger charge is -2.14. The summed E-state index contributed by atoms with van der Waals surface area (Å²) in [5.41, 5.74) is 4.91. The molecule has 0 saturated carbocycles. The van der Waals surface area contributed by atoms with E-state index in [1.54, 1.807) is 36.4 Å². The van der Waals surface area contributed by atoms with Crippen LogP contribution in [-0.4, -0.2) is 17.8 Å². The predicted octanol–water partition coefficient (Wildman–Crippen LogP) is 2.64. The summed E-state index contributed by atoms with van der Waals surface area (Å²) in [7, 11) is 0. The number of carbonyl (C=O) groups is 3. The van der Waals surface area contributed by atoms with Crippen LogP contribution in [0.25, 0.3) is 6.08 Å². The van der Waals surface area contributed by atoms with E-state index < -0.39 is 17.8 Å². The molecule has 1 aliphatic rings. The highest BCUT2D eigenvalue weighted by Gasteiger charge is 2.34. The van der Waals surface area contributed by atoms with E-state index in [1.807, 2.05) is 19.1 Å². The highest BCUT2D eigenvalue weighted by atomic mass is 16.5. The number of nitrogens with zero attached hydrogens (tertiary/aromatic N) is 1. The summed E-state index contributed by atoms with van der Waals surface area (Å²) >= 11 is 0. The van der Waals surface area contributed by atoms with Crippen LogP contribution >= 0.6 is 0 Å². The molecule has 3 rings (SSSR count). The number of aryl methyl sites for hydroxylation is 1. The van der Waals surface area contributed by atoms with Gasteiger partial charge in [-0.1, -0.05) is 31.2 Å². The smallest absolute Gasteiger partial charge is 0.308 e. The van der Waals surface area contributed by atoms with Gasteiger partial charge in [0.1, 0.15) is 11.3 Å². The van der Waals surface area contributed by atoms with Crippen molar-refractivity contribution in [1.29, 1.82) is 0 Å². The van der Waals surface area contributed by atoms with Gasteiger partial charge in [0, 0.05) is 6.92 Å². The third-order valence-corrected chi connectivity index (χ3v) is 3.92. The zero-order chi connectivity index (χ0) is 18.7. The van der Waals surface area contributed by atoms with Crippen LogP contribution in [0.2, 0.25) is 0 Å². The van der Waals surface area contributed by atoms with E-state index in [9.17, 15) is 14.4 Å². The third-order valence-electron chi connectivity index (χ3n) is 3.92. The van der Waals surface area contributed by atoms with Crippen LogP contribution in [0.4, 0.5) is 5.69 Å². The molecule has 0 aromatic heterocycles. The number of amides is 2. The highest BCUT2D eigenvalue weighted by molar-refractivity contribution is 6.31. The Hall–Kier alpha value is -3.41. The molecule has 1 N–H and O–H groups in total. The second-order valence-corrected chi connectivity index (χ2v) is 5.83. The van der Waals surface area contributed by atoms with Gasteiger partial charge < -0.3 is 4.74 Å². The fourth-order valence-corrected chi connectivity index (χ4v) is 2.62. The molecule has 6 heteroatoms. The van der Waals surface area contributed by atoms with Crippen molar-refractivity contribution in [3.63, 3.8) is 0 Å². The molecule has 6 nitrogen and oxygen atoms in total. The number of anilines is 1. The van der Waals surface area contributed by atoms with Gasteiger partial charge in [0.2, 0.25) is 0 Å². The number of hydrogen-bond donors (Lipinski definition) is 1. The monoisotopic (exact) mass is 350 g/mol. The van der Waals surface area contributed by atoms with Crippen LogP contribution in [0.3, 0.4) is 0 Å². The molecule has 2 amide bonds. The third kappa shape index (κ3) is 3.64. The fraction of sp³-hybridized carbons (Fsp3) is 0.150. The summed E-state index contributed by atoms with van der Waals surface area (Å²) in [4.78, 5) is 35.9. The SMILES string of the molecule is CCc1ccc(N2NC(=O)/C(=C/c3cccc(OC(C)=O)c3)C2=O)cc1. The van der Waals surface area contributed by atoms with E-state index in [0.717, 1.165) is 12.0 Å². The number of carbonyl (C=O) groups excluding carboxylic acids is 3. The summed E-state index contributed by atoms with van der Waals surface area (Å²) < 4.78 is 5.02. The molecule has 2 aromatic carbocycles. The Bertz CT molecular complexity index is 900. The Kier molecular flexibility index (Phi) is 4.84. The lowest BCUT2D eigenvalue weighted by molar-refractivity contribution is -0.132. The number of nitrogens with one attached hydrogen (secondary N) is 1. The number of benzene rings is 2. The van der Waals surface area contributed by atoms with Crippen LogP contribution in [-0.2, 0) is 20.8 Å². The largest absolute Gasteiger partial charge is 0.427 e. The average molecular weight is 350 g/mol. The van der Waals surface area contributed by atoms with E-state index >= 15 is 0 Å². The zero-order valence-electron chi connectivity index (χ0n) is 14.5. The molecule has 0 unspecified atom stereocenters. The van der Waals surface area contributed by atoms with Gasteiger partial charge in [0.15, 0.2) is 0 Å². The molecule has 0 radical (unpaired) electrons. The normalized spacial score (nSPS) is 15.3. The van der Waals surface area contributed by atoms with Crippen molar-refractivity contribution in [2.75, 3.05) is 5.01 Å². The number of rotatable bonds is 4. The first kappa shape index (κ1) is 17.4. The average Bonchev–Trinajstić information content (AvgIpc) is 2.90. The summed E-state index contributed by atoms with van der Waals surface area (Å²) in [6.07, 6.45) is 2.37. The van der Waals surface area contributed by atoms with E-state index in [0.29, 0.717) is 17.0 Å². The van der Waals surface area contributed by atoms with Crippen LogP contribution < -0.4 is 15.2 Å². The molecular weight excluding hydrogens is 332 g/mol. The lowest BCUT2D eigenvalue weighted by atomic mass is 10.1. The molecule has 0 spiro atoms. The maximum Gasteiger partial charge on any atom is 0.308 e. The molecule has 0 aliphatic carbocycles. The van der Waals surface area contributed by atoms with Crippen molar-refractivity contribution < 1.29 is 19.1 Å². The van der Waals surface area contributed by atoms with E-state index in [4.69, 9.17) is 4.74 Å². The van der Waals surface area contributed by atoms with Gasteiger partial charge in [-0.15, -0.1) is 0 Å². The Labute approximate surface area is 151 Å². The maximum absolute atomic E-state index is 12.6. The van der Waals surface area contributed by atoms with Gasteiger partial charge in [0.25, 0.3) is 11.8 Å². The molecule has 2 aromatic rings. The number of esters is 1. The minimum atomic E-state index is -0.479. The molecule has 1 fully saturated rings. The number of hydrogen-bond acceptors (Lipinski definition) is 4. The van der Waals surface area contributed by atoms with Crippen LogP contribution in [0.15, 0.2) is 54.1 Å². The Morgan fingerprint density at radius 2 is 1.88 bits per heavy atom. The fourth-order valence-electron chi connectivity index (χ4n) is 2.62. The van der Waals surface area contributed by atoms with Crippen LogP contribution in [0.1, 0.15) is 25.0 Å². The molecule has 1 saturated heterocycles. The lowest BCUT2D eigenvalue weighted by Crippen LogP contribution is -2.35. The van der Waals surface area contributed by atoms with Crippen molar-refractivity contribution in [1.82, 2.24) is 5.43 Å². The Morgan fingerprint density at radius 1 is 1.15 bits per heavy atom. The summed E-state index contributed by atoms with van der Waals surface area (Å²) in [5, 5.41) is 1.23. The molecule has 1 aliphatic heterocycles. The van der Waals surface area contributed by atoms with Crippen LogP contribution in [0.5, 0.6) is 5.75 Å². The van der Waals surface area contributed by atoms with E-state index in [-0.39, 0.29) is 5.57 Å². The molecule has 0 bridgehead atoms. The minimum absolute atomic E-state index is 0.0181. The van der Waals surface area contributed by atoms with Gasteiger partial charge in [-0.05, 0) is 47.9 Å². The van der Waals surface area contributed by atoms with Gasteiger partial charge >= 0.3 is 5.97 Å². The summed E-state index contributed by atoms with van der Waals surface area (Å²) in [6.45, 7) is 3.35. The Balaban J connectivity index is 1.86. The number of ether oxygens (including phenoxy) is 1. The molecule has 0 atom stereocenters. The van der Waals surface area contributed by atoms with E-state index in [2.05, 4.69) is 5.43 Å². The summed E-state index contributed by atoms with van der Waals surface area (Å²) in [5.74, 6) is -1.000. The van der Waals surface area contributed by atoms with Crippen molar-refractivity contribution in [2.24, 2.45) is 0 Å². The zero-order valence-corrected chi connectivity index (χ0v) is 14.5. The van der Waals surface area contributed by atoms with Crippen molar-refractivity contribution >= 4 is 29.5 Å². The molecule has 1 heterocycles. The maximum atomic E-state index is 12.6. The first-order valence-electron chi connectivity index (χ1n) is 8.22. The molecular formula is C20H18N2O4.